The van der Waals surface area contributed by atoms with Gasteiger partial charge >= 0.3 is 0 Å². The number of carbonyl (C=O) groups is 1. The number of aliphatic hydroxyl groups is 1. The van der Waals surface area contributed by atoms with Crippen molar-refractivity contribution in [1.29, 1.82) is 0 Å². The van der Waals surface area contributed by atoms with Crippen LogP contribution in [0.1, 0.15) is 47.2 Å². The molecule has 6 nitrogen and oxygen atoms in total. The number of halogens is 2. The summed E-state index contributed by atoms with van der Waals surface area (Å²) in [5, 5.41) is 10.4. The van der Waals surface area contributed by atoms with Crippen LogP contribution in [0.3, 0.4) is 0 Å². The normalized spacial score (nSPS) is 17.7. The van der Waals surface area contributed by atoms with E-state index in [1.54, 1.807) is 0 Å². The zero-order valence-electron chi connectivity index (χ0n) is 17.9. The average Bonchev–Trinajstić information content (AvgIpc) is 3.65. The first kappa shape index (κ1) is 21.5. The largest absolute Gasteiger partial charge is 0.378 e. The fraction of sp³-hybridized carbons (Fsp3) is 0.320. The molecule has 0 spiro atoms. The molecule has 170 valence electrons. The number of aromatic nitrogens is 2. The van der Waals surface area contributed by atoms with Crippen molar-refractivity contribution in [3.05, 3.63) is 98.7 Å². The van der Waals surface area contributed by atoms with Gasteiger partial charge in [0.15, 0.2) is 17.7 Å². The van der Waals surface area contributed by atoms with E-state index in [1.807, 2.05) is 30.3 Å². The number of H-pyrrole nitrogens is 1. The summed E-state index contributed by atoms with van der Waals surface area (Å²) in [6.45, 7) is 0.391. The van der Waals surface area contributed by atoms with Gasteiger partial charge in [0.25, 0.3) is 11.5 Å². The quantitative estimate of drug-likeness (QED) is 0.639. The minimum Gasteiger partial charge on any atom is -0.378 e. The number of aromatic amines is 1. The summed E-state index contributed by atoms with van der Waals surface area (Å²) in [5.74, 6) is -2.46. The standard InChI is InChI=1S/C25H23F2N3O3/c26-18-8-4-7-17(20(18)27)21(31)23(33)30-13-9-16-19(10-14-30)28-24(29-22(16)32)25(11-12-25)15-5-2-1-3-6-15/h1-8,21,31H,9-14H2,(H,28,29,32). The van der Waals surface area contributed by atoms with Gasteiger partial charge in [-0.2, -0.15) is 0 Å². The highest BCUT2D eigenvalue weighted by molar-refractivity contribution is 5.82. The molecule has 2 aliphatic rings. The molecular weight excluding hydrogens is 428 g/mol. The molecule has 0 radical (unpaired) electrons. The Balaban J connectivity index is 1.39. The van der Waals surface area contributed by atoms with Crippen molar-refractivity contribution in [2.45, 2.75) is 37.2 Å². The molecule has 1 aromatic heterocycles. The molecule has 8 heteroatoms. The summed E-state index contributed by atoms with van der Waals surface area (Å²) in [5.41, 5.74) is 1.35. The highest BCUT2D eigenvalue weighted by atomic mass is 19.2. The van der Waals surface area contributed by atoms with Gasteiger partial charge in [-0.25, -0.2) is 13.8 Å². The summed E-state index contributed by atoms with van der Waals surface area (Å²) in [6, 6.07) is 13.3. The van der Waals surface area contributed by atoms with Crippen LogP contribution in [-0.2, 0) is 23.1 Å². The lowest BCUT2D eigenvalue weighted by Gasteiger charge is -2.23. The Kier molecular flexibility index (Phi) is 5.32. The molecule has 0 saturated heterocycles. The lowest BCUT2D eigenvalue weighted by Crippen LogP contribution is -2.37. The molecule has 2 N–H and O–H groups in total. The number of nitrogens with zero attached hydrogens (tertiary/aromatic N) is 2. The van der Waals surface area contributed by atoms with Crippen LogP contribution in [0.2, 0.25) is 0 Å². The van der Waals surface area contributed by atoms with E-state index in [2.05, 4.69) is 4.98 Å². The minimum absolute atomic E-state index is 0.174. The maximum absolute atomic E-state index is 14.1. The number of aliphatic hydroxyl groups excluding tert-OH is 1. The molecule has 2 aromatic carbocycles. The van der Waals surface area contributed by atoms with E-state index in [9.17, 15) is 23.5 Å². The van der Waals surface area contributed by atoms with Gasteiger partial charge in [0.2, 0.25) is 0 Å². The molecule has 3 aromatic rings. The van der Waals surface area contributed by atoms with Crippen molar-refractivity contribution in [3.8, 4) is 0 Å². The van der Waals surface area contributed by atoms with Crippen molar-refractivity contribution in [3.63, 3.8) is 0 Å². The van der Waals surface area contributed by atoms with E-state index in [1.165, 1.54) is 17.0 Å². The van der Waals surface area contributed by atoms with Crippen molar-refractivity contribution in [1.82, 2.24) is 14.9 Å². The zero-order chi connectivity index (χ0) is 23.2. The maximum Gasteiger partial charge on any atom is 0.256 e. The molecular formula is C25H23F2N3O3. The van der Waals surface area contributed by atoms with Gasteiger partial charge in [-0.1, -0.05) is 42.5 Å². The lowest BCUT2D eigenvalue weighted by molar-refractivity contribution is -0.140. The van der Waals surface area contributed by atoms with Crippen LogP contribution in [-0.4, -0.2) is 39.0 Å². The van der Waals surface area contributed by atoms with Gasteiger partial charge in [0.05, 0.1) is 11.1 Å². The second-order valence-corrected chi connectivity index (χ2v) is 8.66. The number of rotatable bonds is 4. The molecule has 0 bridgehead atoms. The van der Waals surface area contributed by atoms with Crippen LogP contribution in [0.4, 0.5) is 8.78 Å². The van der Waals surface area contributed by atoms with Crippen LogP contribution in [0.5, 0.6) is 0 Å². The molecule has 1 atom stereocenters. The second-order valence-electron chi connectivity index (χ2n) is 8.66. The van der Waals surface area contributed by atoms with Crippen molar-refractivity contribution in [2.24, 2.45) is 0 Å². The summed E-state index contributed by atoms with van der Waals surface area (Å²) >= 11 is 0. The number of nitrogens with one attached hydrogen (secondary N) is 1. The van der Waals surface area contributed by atoms with Crippen molar-refractivity contribution < 1.29 is 18.7 Å². The topological polar surface area (TPSA) is 86.3 Å². The van der Waals surface area contributed by atoms with Crippen molar-refractivity contribution in [2.75, 3.05) is 13.1 Å². The Hall–Kier alpha value is -3.39. The third kappa shape index (κ3) is 3.74. The van der Waals surface area contributed by atoms with E-state index < -0.39 is 29.2 Å². The van der Waals surface area contributed by atoms with Crippen LogP contribution in [0.15, 0.2) is 53.3 Å². The molecule has 1 unspecified atom stereocenters. The van der Waals surface area contributed by atoms with Gasteiger partial charge < -0.3 is 15.0 Å². The maximum atomic E-state index is 14.1. The number of benzene rings is 2. The third-order valence-electron chi connectivity index (χ3n) is 6.70. The first-order chi connectivity index (χ1) is 15.9. The van der Waals surface area contributed by atoms with E-state index >= 15 is 0 Å². The van der Waals surface area contributed by atoms with Crippen LogP contribution < -0.4 is 5.56 Å². The Morgan fingerprint density at radius 1 is 1.06 bits per heavy atom. The number of fused-ring (bicyclic) bond motifs is 1. The molecule has 1 aliphatic carbocycles. The highest BCUT2D eigenvalue weighted by Crippen LogP contribution is 2.51. The van der Waals surface area contributed by atoms with Crippen LogP contribution >= 0.6 is 0 Å². The SMILES string of the molecule is O=C(C(O)c1cccc(F)c1F)N1CCc2nc(C3(c4ccccc4)CC3)[nH]c(=O)c2CC1. The first-order valence-corrected chi connectivity index (χ1v) is 11.0. The molecule has 1 saturated carbocycles. The molecule has 1 aliphatic heterocycles. The summed E-state index contributed by atoms with van der Waals surface area (Å²) in [4.78, 5) is 34.9. The van der Waals surface area contributed by atoms with Gasteiger partial charge in [0.1, 0.15) is 5.82 Å². The molecule has 2 heterocycles. The number of carbonyl (C=O) groups excluding carboxylic acids is 1. The lowest BCUT2D eigenvalue weighted by atomic mass is 9.94. The van der Waals surface area contributed by atoms with Gasteiger partial charge in [-0.15, -0.1) is 0 Å². The number of amides is 1. The predicted octanol–water partition coefficient (Wildman–Crippen LogP) is 2.79. The van der Waals surface area contributed by atoms with E-state index in [0.717, 1.165) is 24.5 Å². The zero-order valence-corrected chi connectivity index (χ0v) is 17.9. The smallest absolute Gasteiger partial charge is 0.256 e. The summed E-state index contributed by atoms with van der Waals surface area (Å²) in [6.07, 6.45) is 0.571. The molecule has 33 heavy (non-hydrogen) atoms. The third-order valence-corrected chi connectivity index (χ3v) is 6.70. The van der Waals surface area contributed by atoms with Crippen LogP contribution in [0, 0.1) is 11.6 Å². The Bertz CT molecular complexity index is 1270. The van der Waals surface area contributed by atoms with Crippen LogP contribution in [0.25, 0.3) is 0 Å². The predicted molar refractivity (Wildman–Crippen MR) is 117 cm³/mol. The molecule has 1 amide bonds. The summed E-state index contributed by atoms with van der Waals surface area (Å²) in [7, 11) is 0. The monoisotopic (exact) mass is 451 g/mol. The van der Waals surface area contributed by atoms with E-state index in [4.69, 9.17) is 4.98 Å². The Morgan fingerprint density at radius 3 is 2.52 bits per heavy atom. The number of hydrogen-bond donors (Lipinski definition) is 2. The average molecular weight is 451 g/mol. The van der Waals surface area contributed by atoms with Gasteiger partial charge in [-0.3, -0.25) is 9.59 Å². The number of hydrogen-bond acceptors (Lipinski definition) is 4. The molecule has 1 fully saturated rings. The second kappa shape index (κ2) is 8.19. The summed E-state index contributed by atoms with van der Waals surface area (Å²) < 4.78 is 27.6. The fourth-order valence-corrected chi connectivity index (χ4v) is 4.64. The van der Waals surface area contributed by atoms with Gasteiger partial charge in [-0.05, 0) is 30.9 Å². The van der Waals surface area contributed by atoms with E-state index in [-0.39, 0.29) is 30.5 Å². The Morgan fingerprint density at radius 2 is 1.79 bits per heavy atom. The van der Waals surface area contributed by atoms with Gasteiger partial charge in [0, 0.05) is 30.6 Å². The van der Waals surface area contributed by atoms with Crippen molar-refractivity contribution >= 4 is 5.91 Å². The van der Waals surface area contributed by atoms with E-state index in [0.29, 0.717) is 23.5 Å². The molecule has 5 rings (SSSR count). The first-order valence-electron chi connectivity index (χ1n) is 11.0. The fourth-order valence-electron chi connectivity index (χ4n) is 4.64. The minimum atomic E-state index is -1.82. The Labute approximate surface area is 188 Å². The highest BCUT2D eigenvalue weighted by Gasteiger charge is 2.48.